The summed E-state index contributed by atoms with van der Waals surface area (Å²) in [5, 5.41) is 2.81. The lowest BCUT2D eigenvalue weighted by Crippen LogP contribution is -2.47. The molecule has 1 aromatic rings. The van der Waals surface area contributed by atoms with Crippen molar-refractivity contribution in [1.29, 1.82) is 0 Å². The SMILES string of the molecule is CCCS(=O)(=O)N1CCC(NC(=O)CCNS(=O)(=O)c2ccc(F)cc2)CC1. The van der Waals surface area contributed by atoms with Crippen LogP contribution in [0.2, 0.25) is 0 Å². The van der Waals surface area contributed by atoms with Crippen molar-refractivity contribution in [2.45, 2.75) is 43.5 Å². The van der Waals surface area contributed by atoms with Crippen LogP contribution in [0.3, 0.4) is 0 Å². The first-order valence-corrected chi connectivity index (χ1v) is 12.3. The Balaban J connectivity index is 1.74. The summed E-state index contributed by atoms with van der Waals surface area (Å²) in [7, 11) is -7.03. The van der Waals surface area contributed by atoms with E-state index in [0.29, 0.717) is 32.4 Å². The molecule has 0 atom stereocenters. The molecule has 8 nitrogen and oxygen atoms in total. The highest BCUT2D eigenvalue weighted by Gasteiger charge is 2.27. The lowest BCUT2D eigenvalue weighted by atomic mass is 10.1. The number of nitrogens with zero attached hydrogens (tertiary/aromatic N) is 1. The van der Waals surface area contributed by atoms with Gasteiger partial charge in [-0.15, -0.1) is 0 Å². The van der Waals surface area contributed by atoms with Crippen molar-refractivity contribution in [2.75, 3.05) is 25.4 Å². The van der Waals surface area contributed by atoms with E-state index >= 15 is 0 Å². The van der Waals surface area contributed by atoms with Crippen LogP contribution in [0.4, 0.5) is 4.39 Å². The van der Waals surface area contributed by atoms with Gasteiger partial charge in [-0.1, -0.05) is 6.92 Å². The average molecular weight is 436 g/mol. The first-order valence-electron chi connectivity index (χ1n) is 9.16. The number of piperidine rings is 1. The molecule has 0 aliphatic carbocycles. The van der Waals surface area contributed by atoms with Crippen molar-refractivity contribution >= 4 is 26.0 Å². The molecule has 0 radical (unpaired) electrons. The second-order valence-electron chi connectivity index (χ2n) is 6.66. The minimum absolute atomic E-state index is 0.0469. The van der Waals surface area contributed by atoms with E-state index in [1.807, 2.05) is 6.92 Å². The van der Waals surface area contributed by atoms with E-state index in [1.54, 1.807) is 0 Å². The van der Waals surface area contributed by atoms with Gasteiger partial charge in [-0.05, 0) is 43.5 Å². The first kappa shape index (κ1) is 22.7. The highest BCUT2D eigenvalue weighted by atomic mass is 32.2. The molecule has 28 heavy (non-hydrogen) atoms. The highest BCUT2D eigenvalue weighted by Crippen LogP contribution is 2.15. The Morgan fingerprint density at radius 2 is 1.75 bits per heavy atom. The van der Waals surface area contributed by atoms with Gasteiger partial charge in [0.25, 0.3) is 0 Å². The molecule has 1 aromatic carbocycles. The zero-order valence-electron chi connectivity index (χ0n) is 15.7. The van der Waals surface area contributed by atoms with Gasteiger partial charge in [0.15, 0.2) is 0 Å². The summed E-state index contributed by atoms with van der Waals surface area (Å²) in [6.07, 6.45) is 1.56. The number of nitrogens with one attached hydrogen (secondary N) is 2. The van der Waals surface area contributed by atoms with E-state index in [-0.39, 0.29) is 35.6 Å². The largest absolute Gasteiger partial charge is 0.353 e. The molecule has 0 bridgehead atoms. The zero-order valence-corrected chi connectivity index (χ0v) is 17.4. The normalized spacial score (nSPS) is 16.8. The fraction of sp³-hybridized carbons (Fsp3) is 0.588. The Morgan fingerprint density at radius 3 is 2.32 bits per heavy atom. The van der Waals surface area contributed by atoms with Crippen LogP contribution in [-0.4, -0.2) is 58.5 Å². The summed E-state index contributed by atoms with van der Waals surface area (Å²) in [6.45, 7) is 2.46. The lowest BCUT2D eigenvalue weighted by molar-refractivity contribution is -0.121. The molecule has 2 rings (SSSR count). The summed E-state index contributed by atoms with van der Waals surface area (Å²) < 4.78 is 64.9. The Kier molecular flexibility index (Phi) is 7.93. The van der Waals surface area contributed by atoms with E-state index in [0.717, 1.165) is 24.3 Å². The molecule has 1 aliphatic heterocycles. The predicted octanol–water partition coefficient (Wildman–Crippen LogP) is 0.815. The van der Waals surface area contributed by atoms with Crippen LogP contribution in [0.5, 0.6) is 0 Å². The molecular weight excluding hydrogens is 409 g/mol. The van der Waals surface area contributed by atoms with Gasteiger partial charge in [-0.25, -0.2) is 30.3 Å². The number of benzene rings is 1. The smallest absolute Gasteiger partial charge is 0.240 e. The topological polar surface area (TPSA) is 113 Å². The summed E-state index contributed by atoms with van der Waals surface area (Å²) in [5.41, 5.74) is 0. The summed E-state index contributed by atoms with van der Waals surface area (Å²) in [4.78, 5) is 12.0. The number of halogens is 1. The van der Waals surface area contributed by atoms with Crippen molar-refractivity contribution in [2.24, 2.45) is 0 Å². The number of hydrogen-bond acceptors (Lipinski definition) is 5. The van der Waals surface area contributed by atoms with Gasteiger partial charge in [0, 0.05) is 32.1 Å². The maximum Gasteiger partial charge on any atom is 0.240 e. The van der Waals surface area contributed by atoms with Gasteiger partial charge < -0.3 is 5.32 Å². The second kappa shape index (κ2) is 9.77. The minimum atomic E-state index is -3.80. The molecule has 0 spiro atoms. The van der Waals surface area contributed by atoms with E-state index < -0.39 is 25.9 Å². The Morgan fingerprint density at radius 1 is 1.14 bits per heavy atom. The molecule has 0 saturated carbocycles. The van der Waals surface area contributed by atoms with Crippen LogP contribution in [-0.2, 0) is 24.8 Å². The van der Waals surface area contributed by atoms with Gasteiger partial charge in [0.1, 0.15) is 5.82 Å². The van der Waals surface area contributed by atoms with E-state index in [9.17, 15) is 26.0 Å². The van der Waals surface area contributed by atoms with Crippen LogP contribution in [0.25, 0.3) is 0 Å². The summed E-state index contributed by atoms with van der Waals surface area (Å²) in [6, 6.07) is 4.27. The number of carbonyl (C=O) groups is 1. The molecule has 158 valence electrons. The standard InChI is InChI=1S/C17H26FN3O5S2/c1-2-13-27(23,24)21-11-8-15(9-12-21)20-17(22)7-10-19-28(25,26)16-5-3-14(18)4-6-16/h3-6,15,19H,2,7-13H2,1H3,(H,20,22). The Bertz CT molecular complexity index is 865. The van der Waals surface area contributed by atoms with E-state index in [1.165, 1.54) is 4.31 Å². The quantitative estimate of drug-likeness (QED) is 0.596. The number of sulfonamides is 2. The van der Waals surface area contributed by atoms with Gasteiger partial charge in [-0.2, -0.15) is 0 Å². The molecule has 1 amide bonds. The fourth-order valence-corrected chi connectivity index (χ4v) is 5.53. The Hall–Kier alpha value is -1.56. The molecule has 2 N–H and O–H groups in total. The zero-order chi connectivity index (χ0) is 20.8. The van der Waals surface area contributed by atoms with Crippen molar-refractivity contribution in [3.8, 4) is 0 Å². The second-order valence-corrected chi connectivity index (χ2v) is 10.5. The lowest BCUT2D eigenvalue weighted by Gasteiger charge is -2.31. The molecule has 11 heteroatoms. The predicted molar refractivity (Wildman–Crippen MR) is 103 cm³/mol. The summed E-state index contributed by atoms with van der Waals surface area (Å²) >= 11 is 0. The van der Waals surface area contributed by atoms with Gasteiger partial charge >= 0.3 is 0 Å². The molecular formula is C17H26FN3O5S2. The molecule has 1 fully saturated rings. The van der Waals surface area contributed by atoms with Gasteiger partial charge in [0.05, 0.1) is 10.6 Å². The molecule has 1 saturated heterocycles. The molecule has 1 aliphatic rings. The highest BCUT2D eigenvalue weighted by molar-refractivity contribution is 7.89. The van der Waals surface area contributed by atoms with Crippen LogP contribution >= 0.6 is 0 Å². The number of amides is 1. The Labute approximate surface area is 165 Å². The van der Waals surface area contributed by atoms with Crippen molar-refractivity contribution in [3.05, 3.63) is 30.1 Å². The van der Waals surface area contributed by atoms with Gasteiger partial charge in [0.2, 0.25) is 26.0 Å². The van der Waals surface area contributed by atoms with Crippen LogP contribution in [0.1, 0.15) is 32.6 Å². The van der Waals surface area contributed by atoms with E-state index in [2.05, 4.69) is 10.0 Å². The third-order valence-corrected chi connectivity index (χ3v) is 8.00. The van der Waals surface area contributed by atoms with Crippen molar-refractivity contribution in [1.82, 2.24) is 14.3 Å². The fourth-order valence-electron chi connectivity index (χ4n) is 2.96. The molecule has 0 unspecified atom stereocenters. The monoisotopic (exact) mass is 435 g/mol. The maximum absolute atomic E-state index is 12.9. The van der Waals surface area contributed by atoms with Crippen LogP contribution in [0.15, 0.2) is 29.2 Å². The van der Waals surface area contributed by atoms with Crippen molar-refractivity contribution < 1.29 is 26.0 Å². The van der Waals surface area contributed by atoms with E-state index in [4.69, 9.17) is 0 Å². The summed E-state index contributed by atoms with van der Waals surface area (Å²) in [5.74, 6) is -0.721. The molecule has 0 aromatic heterocycles. The third-order valence-electron chi connectivity index (χ3n) is 4.44. The van der Waals surface area contributed by atoms with Gasteiger partial charge in [-0.3, -0.25) is 4.79 Å². The number of hydrogen-bond donors (Lipinski definition) is 2. The first-order chi connectivity index (χ1) is 13.1. The van der Waals surface area contributed by atoms with Crippen molar-refractivity contribution in [3.63, 3.8) is 0 Å². The maximum atomic E-state index is 12.9. The number of carbonyl (C=O) groups excluding carboxylic acids is 1. The molecule has 1 heterocycles. The number of rotatable bonds is 9. The van der Waals surface area contributed by atoms with Crippen LogP contribution < -0.4 is 10.0 Å². The average Bonchev–Trinajstić information content (AvgIpc) is 2.62. The van der Waals surface area contributed by atoms with Crippen LogP contribution in [0, 0.1) is 5.82 Å². The third kappa shape index (κ3) is 6.50. The minimum Gasteiger partial charge on any atom is -0.353 e.